The highest BCUT2D eigenvalue weighted by atomic mass is 79.9. The van der Waals surface area contributed by atoms with Crippen molar-refractivity contribution in [2.75, 3.05) is 5.32 Å². The fourth-order valence-corrected chi connectivity index (χ4v) is 3.02. The summed E-state index contributed by atoms with van der Waals surface area (Å²) in [6.45, 7) is 1.88. The summed E-state index contributed by atoms with van der Waals surface area (Å²) in [5.74, 6) is -0.119. The van der Waals surface area contributed by atoms with Crippen molar-refractivity contribution in [2.24, 2.45) is 0 Å². The zero-order chi connectivity index (χ0) is 15.4. The van der Waals surface area contributed by atoms with Crippen LogP contribution in [-0.2, 0) is 4.79 Å². The Morgan fingerprint density at radius 3 is 2.43 bits per heavy atom. The molecule has 5 heteroatoms. The minimum Gasteiger partial charge on any atom is -0.325 e. The number of hydrogen-bond donors (Lipinski definition) is 1. The molecule has 0 aliphatic carbocycles. The molecule has 0 aliphatic heterocycles. The summed E-state index contributed by atoms with van der Waals surface area (Å²) >= 11 is 13.1. The molecular weight excluding hydrogens is 417 g/mol. The minimum atomic E-state index is -0.390. The van der Waals surface area contributed by atoms with Crippen molar-refractivity contribution in [1.82, 2.24) is 0 Å². The molecular formula is C16H14Br2ClNO. The van der Waals surface area contributed by atoms with Gasteiger partial charge in [-0.15, -0.1) is 0 Å². The van der Waals surface area contributed by atoms with Crippen LogP contribution in [0.4, 0.5) is 5.69 Å². The second-order valence-electron chi connectivity index (χ2n) is 4.62. The van der Waals surface area contributed by atoms with Crippen LogP contribution in [-0.4, -0.2) is 10.7 Å². The maximum atomic E-state index is 12.4. The molecule has 0 spiro atoms. The molecule has 2 aromatic carbocycles. The van der Waals surface area contributed by atoms with Gasteiger partial charge >= 0.3 is 0 Å². The topological polar surface area (TPSA) is 29.1 Å². The highest BCUT2D eigenvalue weighted by Gasteiger charge is 2.25. The van der Waals surface area contributed by atoms with E-state index in [0.29, 0.717) is 5.02 Å². The first-order valence-corrected chi connectivity index (χ1v) is 8.60. The lowest BCUT2D eigenvalue weighted by Crippen LogP contribution is -2.26. The van der Waals surface area contributed by atoms with E-state index in [-0.39, 0.29) is 10.7 Å². The van der Waals surface area contributed by atoms with Crippen LogP contribution in [0.5, 0.6) is 0 Å². The van der Waals surface area contributed by atoms with Crippen molar-refractivity contribution in [3.05, 3.63) is 64.7 Å². The van der Waals surface area contributed by atoms with E-state index in [4.69, 9.17) is 11.6 Å². The molecule has 1 amide bonds. The molecule has 0 saturated carbocycles. The molecule has 0 unspecified atom stereocenters. The lowest BCUT2D eigenvalue weighted by molar-refractivity contribution is -0.115. The van der Waals surface area contributed by atoms with Gasteiger partial charge in [0.1, 0.15) is 4.83 Å². The van der Waals surface area contributed by atoms with Crippen molar-refractivity contribution in [3.8, 4) is 0 Å². The maximum Gasteiger partial charge on any atom is 0.239 e. The number of carbonyl (C=O) groups excluding carboxylic acids is 1. The van der Waals surface area contributed by atoms with Gasteiger partial charge in [-0.2, -0.15) is 0 Å². The predicted molar refractivity (Wildman–Crippen MR) is 95.6 cm³/mol. The Balaban J connectivity index is 2.11. The van der Waals surface area contributed by atoms with E-state index in [1.165, 1.54) is 0 Å². The molecule has 0 saturated heterocycles. The van der Waals surface area contributed by atoms with Gasteiger partial charge in [-0.3, -0.25) is 4.79 Å². The number of hydrogen-bond acceptors (Lipinski definition) is 1. The number of carbonyl (C=O) groups is 1. The molecule has 2 rings (SSSR count). The van der Waals surface area contributed by atoms with E-state index in [1.807, 2.05) is 49.4 Å². The van der Waals surface area contributed by atoms with Gasteiger partial charge in [-0.1, -0.05) is 79.9 Å². The third-order valence-electron chi connectivity index (χ3n) is 3.15. The van der Waals surface area contributed by atoms with E-state index in [0.717, 1.165) is 16.8 Å². The third-order valence-corrected chi connectivity index (χ3v) is 6.27. The summed E-state index contributed by atoms with van der Waals surface area (Å²) in [7, 11) is 0. The summed E-state index contributed by atoms with van der Waals surface area (Å²) in [6, 6.07) is 15.3. The van der Waals surface area contributed by atoms with Gasteiger partial charge in [0.2, 0.25) is 5.91 Å². The third kappa shape index (κ3) is 4.09. The molecule has 0 aromatic heterocycles. The molecule has 0 radical (unpaired) electrons. The first-order valence-electron chi connectivity index (χ1n) is 6.39. The first kappa shape index (κ1) is 16.5. The zero-order valence-corrected chi connectivity index (χ0v) is 15.2. The monoisotopic (exact) mass is 429 g/mol. The fourth-order valence-electron chi connectivity index (χ4n) is 1.88. The van der Waals surface area contributed by atoms with Crippen LogP contribution in [0.2, 0.25) is 5.02 Å². The molecule has 1 N–H and O–H groups in total. The summed E-state index contributed by atoms with van der Waals surface area (Å²) in [4.78, 5) is 11.9. The second kappa shape index (κ2) is 7.43. The van der Waals surface area contributed by atoms with Gasteiger partial charge in [-0.25, -0.2) is 0 Å². The van der Waals surface area contributed by atoms with E-state index < -0.39 is 4.83 Å². The summed E-state index contributed by atoms with van der Waals surface area (Å²) in [6.07, 6.45) is 0. The van der Waals surface area contributed by atoms with Gasteiger partial charge in [-0.05, 0) is 30.2 Å². The van der Waals surface area contributed by atoms with Gasteiger partial charge in [0.15, 0.2) is 0 Å². The fraction of sp³-hybridized carbons (Fsp3) is 0.188. The lowest BCUT2D eigenvalue weighted by Gasteiger charge is -2.18. The summed E-state index contributed by atoms with van der Waals surface area (Å²) < 4.78 is 0. The Labute approximate surface area is 146 Å². The van der Waals surface area contributed by atoms with Crippen LogP contribution < -0.4 is 5.32 Å². The Hall–Kier alpha value is -0.840. The number of halogens is 3. The quantitative estimate of drug-likeness (QED) is 0.638. The SMILES string of the molecule is Cc1c(Cl)cccc1NC(=O)[C@H](Br)[C@@H](Br)c1ccccc1. The zero-order valence-electron chi connectivity index (χ0n) is 11.3. The number of amides is 1. The van der Waals surface area contributed by atoms with Crippen molar-refractivity contribution in [2.45, 2.75) is 16.6 Å². The number of benzene rings is 2. The molecule has 0 fully saturated rings. The Bertz CT molecular complexity index is 633. The molecule has 0 bridgehead atoms. The molecule has 110 valence electrons. The molecule has 2 nitrogen and oxygen atoms in total. The number of rotatable bonds is 4. The largest absolute Gasteiger partial charge is 0.325 e. The average Bonchev–Trinajstić information content (AvgIpc) is 2.51. The van der Waals surface area contributed by atoms with Crippen LogP contribution in [0.3, 0.4) is 0 Å². The Kier molecular flexibility index (Phi) is 5.85. The van der Waals surface area contributed by atoms with Crippen LogP contribution in [0.25, 0.3) is 0 Å². The van der Waals surface area contributed by atoms with Crippen LogP contribution in [0, 0.1) is 6.92 Å². The van der Waals surface area contributed by atoms with E-state index in [9.17, 15) is 4.79 Å². The van der Waals surface area contributed by atoms with Gasteiger partial charge in [0.25, 0.3) is 0 Å². The van der Waals surface area contributed by atoms with E-state index in [1.54, 1.807) is 6.07 Å². The predicted octanol–water partition coefficient (Wildman–Crippen LogP) is 5.49. The number of anilines is 1. The highest BCUT2D eigenvalue weighted by Crippen LogP contribution is 2.32. The number of nitrogens with one attached hydrogen (secondary N) is 1. The number of alkyl halides is 2. The Morgan fingerprint density at radius 2 is 1.76 bits per heavy atom. The van der Waals surface area contributed by atoms with Crippen molar-refractivity contribution < 1.29 is 4.79 Å². The van der Waals surface area contributed by atoms with Crippen LogP contribution in [0.1, 0.15) is 16.0 Å². The van der Waals surface area contributed by atoms with Gasteiger partial charge < -0.3 is 5.32 Å². The van der Waals surface area contributed by atoms with E-state index >= 15 is 0 Å². The second-order valence-corrected chi connectivity index (χ2v) is 7.00. The highest BCUT2D eigenvalue weighted by molar-refractivity contribution is 9.12. The molecule has 0 aliphatic rings. The average molecular weight is 432 g/mol. The van der Waals surface area contributed by atoms with Crippen molar-refractivity contribution in [1.29, 1.82) is 0 Å². The van der Waals surface area contributed by atoms with Gasteiger partial charge in [0.05, 0.1) is 4.83 Å². The minimum absolute atomic E-state index is 0.113. The van der Waals surface area contributed by atoms with Crippen LogP contribution in [0.15, 0.2) is 48.5 Å². The normalized spacial score (nSPS) is 13.5. The molecule has 21 heavy (non-hydrogen) atoms. The standard InChI is InChI=1S/C16H14Br2ClNO/c1-10-12(19)8-5-9-13(10)20-16(21)15(18)14(17)11-6-3-2-4-7-11/h2-9,14-15H,1H3,(H,20,21)/t14-,15+/m0/s1. The van der Waals surface area contributed by atoms with Gasteiger partial charge in [0, 0.05) is 10.7 Å². The summed E-state index contributed by atoms with van der Waals surface area (Å²) in [5, 5.41) is 3.54. The van der Waals surface area contributed by atoms with Crippen molar-refractivity contribution in [3.63, 3.8) is 0 Å². The maximum absolute atomic E-state index is 12.4. The summed E-state index contributed by atoms with van der Waals surface area (Å²) in [5.41, 5.74) is 2.63. The first-order chi connectivity index (χ1) is 10.0. The van der Waals surface area contributed by atoms with Crippen LogP contribution >= 0.6 is 43.5 Å². The van der Waals surface area contributed by atoms with E-state index in [2.05, 4.69) is 37.2 Å². The molecule has 2 aromatic rings. The van der Waals surface area contributed by atoms with Crippen molar-refractivity contribution >= 4 is 55.1 Å². The smallest absolute Gasteiger partial charge is 0.239 e. The molecule has 0 heterocycles. The molecule has 2 atom stereocenters. The Morgan fingerprint density at radius 1 is 1.10 bits per heavy atom. The lowest BCUT2D eigenvalue weighted by atomic mass is 10.1.